The second-order valence-electron chi connectivity index (χ2n) is 7.03. The van der Waals surface area contributed by atoms with Gasteiger partial charge in [-0.25, -0.2) is 4.79 Å². The molecule has 28 heavy (non-hydrogen) atoms. The number of hydrogen-bond donors (Lipinski definition) is 1. The van der Waals surface area contributed by atoms with Gasteiger partial charge >= 0.3 is 5.97 Å². The van der Waals surface area contributed by atoms with Crippen molar-refractivity contribution in [2.75, 3.05) is 26.0 Å². The van der Waals surface area contributed by atoms with E-state index in [1.807, 2.05) is 30.3 Å². The van der Waals surface area contributed by atoms with Crippen LogP contribution in [0, 0.1) is 12.8 Å². The lowest BCUT2D eigenvalue weighted by molar-refractivity contribution is -0.117. The van der Waals surface area contributed by atoms with Crippen LogP contribution in [0.25, 0.3) is 0 Å². The molecule has 0 bridgehead atoms. The molecule has 1 aromatic heterocycles. The van der Waals surface area contributed by atoms with Crippen molar-refractivity contribution in [3.63, 3.8) is 0 Å². The highest BCUT2D eigenvalue weighted by Gasteiger charge is 2.44. The highest BCUT2D eigenvalue weighted by molar-refractivity contribution is 7.18. The molecule has 2 amide bonds. The minimum Gasteiger partial charge on any atom is -0.462 e. The predicted octanol–water partition coefficient (Wildman–Crippen LogP) is 3.68. The van der Waals surface area contributed by atoms with E-state index in [4.69, 9.17) is 4.74 Å². The Morgan fingerprint density at radius 2 is 1.89 bits per heavy atom. The summed E-state index contributed by atoms with van der Waals surface area (Å²) >= 11 is 1.12. The van der Waals surface area contributed by atoms with Crippen LogP contribution in [-0.4, -0.2) is 43.4 Å². The van der Waals surface area contributed by atoms with E-state index in [-0.39, 0.29) is 35.8 Å². The van der Waals surface area contributed by atoms with Gasteiger partial charge in [-0.15, -0.1) is 11.3 Å². The monoisotopic (exact) mass is 400 g/mol. The van der Waals surface area contributed by atoms with Gasteiger partial charge in [0, 0.05) is 20.0 Å². The van der Waals surface area contributed by atoms with E-state index in [2.05, 4.69) is 5.32 Å². The summed E-state index contributed by atoms with van der Waals surface area (Å²) in [7, 11) is 3.30. The van der Waals surface area contributed by atoms with Gasteiger partial charge in [0.1, 0.15) is 5.00 Å². The maximum absolute atomic E-state index is 12.8. The average molecular weight is 401 g/mol. The molecule has 0 saturated heterocycles. The van der Waals surface area contributed by atoms with Crippen LogP contribution in [0.5, 0.6) is 0 Å². The molecule has 0 aliphatic heterocycles. The minimum absolute atomic E-state index is 0.132. The topological polar surface area (TPSA) is 75.7 Å². The van der Waals surface area contributed by atoms with Crippen molar-refractivity contribution < 1.29 is 19.1 Å². The van der Waals surface area contributed by atoms with E-state index in [0.29, 0.717) is 15.4 Å². The number of nitrogens with one attached hydrogen (secondary N) is 1. The lowest BCUT2D eigenvalue weighted by atomic mass is 10.1. The van der Waals surface area contributed by atoms with Gasteiger partial charge in [0.05, 0.1) is 17.0 Å². The first-order valence-corrected chi connectivity index (χ1v) is 10.0. The van der Waals surface area contributed by atoms with Crippen molar-refractivity contribution >= 4 is 34.1 Å². The molecule has 1 aliphatic carbocycles. The number of benzene rings is 1. The molecule has 148 valence electrons. The maximum atomic E-state index is 12.8. The van der Waals surface area contributed by atoms with Gasteiger partial charge in [0.25, 0.3) is 5.91 Å². The van der Waals surface area contributed by atoms with Crippen molar-refractivity contribution in [2.24, 2.45) is 5.92 Å². The molecule has 7 heteroatoms. The number of rotatable bonds is 6. The number of carbonyl (C=O) groups excluding carboxylic acids is 3. The zero-order valence-corrected chi connectivity index (χ0v) is 17.3. The van der Waals surface area contributed by atoms with E-state index in [0.717, 1.165) is 23.3 Å². The van der Waals surface area contributed by atoms with Crippen molar-refractivity contribution in [1.29, 1.82) is 0 Å². The molecule has 1 saturated carbocycles. The Labute approximate surface area is 168 Å². The van der Waals surface area contributed by atoms with Crippen molar-refractivity contribution in [2.45, 2.75) is 26.2 Å². The summed E-state index contributed by atoms with van der Waals surface area (Å²) in [5.74, 6) is -0.810. The standard InChI is InChI=1S/C21H24N2O4S/c1-5-27-21(26)16-12(2)17(20(25)23(3)4)28-19(16)22-18(24)15-11-14(15)13-9-7-6-8-10-13/h6-10,14-15H,5,11H2,1-4H3,(H,22,24). The summed E-state index contributed by atoms with van der Waals surface area (Å²) in [4.78, 5) is 39.5. The number of thiophene rings is 1. The predicted molar refractivity (Wildman–Crippen MR) is 109 cm³/mol. The smallest absolute Gasteiger partial charge is 0.341 e. The van der Waals surface area contributed by atoms with Crippen molar-refractivity contribution in [1.82, 2.24) is 4.90 Å². The number of hydrogen-bond acceptors (Lipinski definition) is 5. The molecule has 2 atom stereocenters. The molecule has 1 N–H and O–H groups in total. The summed E-state index contributed by atoms with van der Waals surface area (Å²) in [5, 5.41) is 3.25. The molecule has 1 heterocycles. The molecular formula is C21H24N2O4S. The molecule has 0 spiro atoms. The average Bonchev–Trinajstić information content (AvgIpc) is 3.41. The molecule has 1 aliphatic rings. The zero-order valence-electron chi connectivity index (χ0n) is 16.4. The SMILES string of the molecule is CCOC(=O)c1c(NC(=O)C2CC2c2ccccc2)sc(C(=O)N(C)C)c1C. The van der Waals surface area contributed by atoms with E-state index in [1.165, 1.54) is 4.90 Å². The second kappa shape index (κ2) is 8.14. The lowest BCUT2D eigenvalue weighted by Crippen LogP contribution is -2.21. The largest absolute Gasteiger partial charge is 0.462 e. The molecule has 1 fully saturated rings. The molecule has 2 unspecified atom stereocenters. The summed E-state index contributed by atoms with van der Waals surface area (Å²) in [6.07, 6.45) is 0.776. The van der Waals surface area contributed by atoms with Crippen LogP contribution in [0.15, 0.2) is 30.3 Å². The molecule has 6 nitrogen and oxygen atoms in total. The number of carbonyl (C=O) groups is 3. The van der Waals surface area contributed by atoms with E-state index >= 15 is 0 Å². The van der Waals surface area contributed by atoms with E-state index in [1.54, 1.807) is 27.9 Å². The quantitative estimate of drug-likeness (QED) is 0.751. The summed E-state index contributed by atoms with van der Waals surface area (Å²) in [6.45, 7) is 3.65. The highest BCUT2D eigenvalue weighted by Crippen LogP contribution is 2.48. The lowest BCUT2D eigenvalue weighted by Gasteiger charge is -2.09. The Hall–Kier alpha value is -2.67. The Balaban J connectivity index is 1.84. The molecule has 1 aromatic carbocycles. The van der Waals surface area contributed by atoms with Crippen molar-refractivity contribution in [3.8, 4) is 0 Å². The Morgan fingerprint density at radius 1 is 1.21 bits per heavy atom. The maximum Gasteiger partial charge on any atom is 0.341 e. The van der Waals surface area contributed by atoms with E-state index < -0.39 is 5.97 Å². The number of anilines is 1. The van der Waals surface area contributed by atoms with Gasteiger partial charge in [-0.1, -0.05) is 30.3 Å². The first kappa shape index (κ1) is 20.1. The van der Waals surface area contributed by atoms with E-state index in [9.17, 15) is 14.4 Å². The van der Waals surface area contributed by atoms with Gasteiger partial charge in [-0.05, 0) is 37.3 Å². The van der Waals surface area contributed by atoms with Gasteiger partial charge in [0.15, 0.2) is 0 Å². The fraction of sp³-hybridized carbons (Fsp3) is 0.381. The number of nitrogens with zero attached hydrogens (tertiary/aromatic N) is 1. The third-order valence-electron chi connectivity index (χ3n) is 4.82. The third-order valence-corrected chi connectivity index (χ3v) is 6.01. The summed E-state index contributed by atoms with van der Waals surface area (Å²) < 4.78 is 5.14. The minimum atomic E-state index is -0.528. The highest BCUT2D eigenvalue weighted by atomic mass is 32.1. The summed E-state index contributed by atoms with van der Waals surface area (Å²) in [5.41, 5.74) is 1.94. The van der Waals surface area contributed by atoms with Gasteiger partial charge in [-0.2, -0.15) is 0 Å². The van der Waals surface area contributed by atoms with Crippen LogP contribution in [0.2, 0.25) is 0 Å². The number of amides is 2. The third kappa shape index (κ3) is 3.94. The fourth-order valence-electron chi connectivity index (χ4n) is 3.22. The second-order valence-corrected chi connectivity index (χ2v) is 8.05. The Morgan fingerprint density at radius 3 is 2.50 bits per heavy atom. The van der Waals surface area contributed by atoms with Crippen LogP contribution in [0.3, 0.4) is 0 Å². The molecule has 3 rings (SSSR count). The number of ether oxygens (including phenoxy) is 1. The molecular weight excluding hydrogens is 376 g/mol. The number of esters is 1. The first-order valence-electron chi connectivity index (χ1n) is 9.23. The normalized spacial score (nSPS) is 17.7. The molecule has 2 aromatic rings. The zero-order chi connectivity index (χ0) is 20.4. The summed E-state index contributed by atoms with van der Waals surface area (Å²) in [6, 6.07) is 9.91. The van der Waals surface area contributed by atoms with Gasteiger partial charge < -0.3 is 15.0 Å². The Bertz CT molecular complexity index is 905. The van der Waals surface area contributed by atoms with Crippen LogP contribution >= 0.6 is 11.3 Å². The molecule has 0 radical (unpaired) electrons. The van der Waals surface area contributed by atoms with Crippen LogP contribution in [-0.2, 0) is 9.53 Å². The van der Waals surface area contributed by atoms with Crippen LogP contribution < -0.4 is 5.32 Å². The van der Waals surface area contributed by atoms with Crippen LogP contribution in [0.1, 0.15) is 50.4 Å². The Kier molecular flexibility index (Phi) is 5.84. The van der Waals surface area contributed by atoms with Gasteiger partial charge in [-0.3, -0.25) is 9.59 Å². The van der Waals surface area contributed by atoms with Crippen LogP contribution in [0.4, 0.5) is 5.00 Å². The fourth-order valence-corrected chi connectivity index (χ4v) is 4.43. The van der Waals surface area contributed by atoms with Gasteiger partial charge in [0.2, 0.25) is 5.91 Å². The first-order chi connectivity index (χ1) is 13.3. The van der Waals surface area contributed by atoms with Crippen molar-refractivity contribution in [3.05, 3.63) is 51.9 Å².